The predicted molar refractivity (Wildman–Crippen MR) is 80.9 cm³/mol. The van der Waals surface area contributed by atoms with Gasteiger partial charge in [-0.05, 0) is 37.0 Å². The van der Waals surface area contributed by atoms with Crippen LogP contribution >= 0.6 is 0 Å². The summed E-state index contributed by atoms with van der Waals surface area (Å²) >= 11 is 0. The summed E-state index contributed by atoms with van der Waals surface area (Å²) in [7, 11) is 0. The Kier molecular flexibility index (Phi) is 4.84. The van der Waals surface area contributed by atoms with Crippen LogP contribution < -0.4 is 5.32 Å². The number of hydrogen-bond donors (Lipinski definition) is 2. The van der Waals surface area contributed by atoms with Crippen molar-refractivity contribution in [3.8, 4) is 0 Å². The minimum absolute atomic E-state index is 0.0843. The average Bonchev–Trinajstić information content (AvgIpc) is 2.95. The highest BCUT2D eigenvalue weighted by molar-refractivity contribution is 5.80. The molecule has 1 aromatic rings. The van der Waals surface area contributed by atoms with Crippen molar-refractivity contribution in [1.29, 1.82) is 0 Å². The van der Waals surface area contributed by atoms with E-state index in [1.54, 1.807) is 12.1 Å². The van der Waals surface area contributed by atoms with Crippen molar-refractivity contribution in [3.63, 3.8) is 0 Å². The molecule has 0 heterocycles. The number of carbonyl (C=O) groups is 2. The maximum absolute atomic E-state index is 13.0. The molecule has 5 heteroatoms. The van der Waals surface area contributed by atoms with E-state index < -0.39 is 11.9 Å². The molecule has 0 aliphatic heterocycles. The van der Waals surface area contributed by atoms with Crippen molar-refractivity contribution >= 4 is 11.9 Å². The van der Waals surface area contributed by atoms with Crippen LogP contribution in [0.25, 0.3) is 0 Å². The fourth-order valence-corrected chi connectivity index (χ4v) is 2.90. The normalized spacial score (nSPS) is 21.6. The zero-order valence-corrected chi connectivity index (χ0v) is 12.9. The SMILES string of the molecule is CC(C)(CNC(=O)[C@@H]1CC[C@H](C(=O)O)C1)c1ccc(F)cc1. The second-order valence-corrected chi connectivity index (χ2v) is 6.65. The highest BCUT2D eigenvalue weighted by atomic mass is 19.1. The molecular formula is C17H22FNO3. The molecule has 22 heavy (non-hydrogen) atoms. The number of amides is 1. The topological polar surface area (TPSA) is 66.4 Å². The lowest BCUT2D eigenvalue weighted by atomic mass is 9.84. The summed E-state index contributed by atoms with van der Waals surface area (Å²) in [6.07, 6.45) is 1.60. The maximum Gasteiger partial charge on any atom is 0.306 e. The Morgan fingerprint density at radius 3 is 2.36 bits per heavy atom. The van der Waals surface area contributed by atoms with E-state index >= 15 is 0 Å². The number of nitrogens with one attached hydrogen (secondary N) is 1. The molecule has 0 saturated heterocycles. The van der Waals surface area contributed by atoms with Gasteiger partial charge in [-0.15, -0.1) is 0 Å². The van der Waals surface area contributed by atoms with Crippen molar-refractivity contribution in [2.24, 2.45) is 11.8 Å². The third-order valence-corrected chi connectivity index (χ3v) is 4.48. The van der Waals surface area contributed by atoms with Gasteiger partial charge in [0, 0.05) is 17.9 Å². The lowest BCUT2D eigenvalue weighted by Gasteiger charge is -2.26. The van der Waals surface area contributed by atoms with Gasteiger partial charge in [-0.25, -0.2) is 4.39 Å². The maximum atomic E-state index is 13.0. The minimum atomic E-state index is -0.818. The monoisotopic (exact) mass is 307 g/mol. The van der Waals surface area contributed by atoms with Gasteiger partial charge in [-0.1, -0.05) is 26.0 Å². The summed E-state index contributed by atoms with van der Waals surface area (Å²) in [6, 6.07) is 6.26. The van der Waals surface area contributed by atoms with Gasteiger partial charge in [-0.3, -0.25) is 9.59 Å². The van der Waals surface area contributed by atoms with Crippen molar-refractivity contribution in [2.45, 2.75) is 38.5 Å². The van der Waals surface area contributed by atoms with Gasteiger partial charge in [0.1, 0.15) is 5.82 Å². The largest absolute Gasteiger partial charge is 0.481 e. The van der Waals surface area contributed by atoms with E-state index in [0.29, 0.717) is 25.8 Å². The second-order valence-electron chi connectivity index (χ2n) is 6.65. The molecule has 0 spiro atoms. The molecule has 0 unspecified atom stereocenters. The molecule has 120 valence electrons. The Hall–Kier alpha value is -1.91. The molecule has 1 aliphatic carbocycles. The first-order valence-corrected chi connectivity index (χ1v) is 7.56. The number of rotatable bonds is 5. The standard InChI is InChI=1S/C17H22FNO3/c1-17(2,13-5-7-14(18)8-6-13)10-19-15(20)11-3-4-12(9-11)16(21)22/h5-8,11-12H,3-4,9-10H2,1-2H3,(H,19,20)(H,21,22)/t11-,12+/m1/s1. The van der Waals surface area contributed by atoms with Gasteiger partial charge in [-0.2, -0.15) is 0 Å². The summed E-state index contributed by atoms with van der Waals surface area (Å²) < 4.78 is 13.0. The number of halogens is 1. The quantitative estimate of drug-likeness (QED) is 0.879. The Labute approximate surface area is 129 Å². The van der Waals surface area contributed by atoms with Crippen LogP contribution in [0.5, 0.6) is 0 Å². The molecule has 1 fully saturated rings. The Balaban J connectivity index is 1.90. The number of carbonyl (C=O) groups excluding carboxylic acids is 1. The van der Waals surface area contributed by atoms with E-state index in [0.717, 1.165) is 5.56 Å². The van der Waals surface area contributed by atoms with Crippen LogP contribution in [0.15, 0.2) is 24.3 Å². The fourth-order valence-electron chi connectivity index (χ4n) is 2.90. The van der Waals surface area contributed by atoms with E-state index in [2.05, 4.69) is 5.32 Å². The van der Waals surface area contributed by atoms with E-state index in [9.17, 15) is 14.0 Å². The van der Waals surface area contributed by atoms with Gasteiger partial charge in [0.25, 0.3) is 0 Å². The van der Waals surface area contributed by atoms with Crippen LogP contribution in [0.1, 0.15) is 38.7 Å². The first kappa shape index (κ1) is 16.5. The molecule has 0 radical (unpaired) electrons. The number of benzene rings is 1. The summed E-state index contributed by atoms with van der Waals surface area (Å²) in [5.41, 5.74) is 0.637. The van der Waals surface area contributed by atoms with E-state index in [4.69, 9.17) is 5.11 Å². The van der Waals surface area contributed by atoms with Crippen LogP contribution in [-0.2, 0) is 15.0 Å². The highest BCUT2D eigenvalue weighted by Gasteiger charge is 2.34. The van der Waals surface area contributed by atoms with Crippen LogP contribution in [0.3, 0.4) is 0 Å². The molecule has 2 rings (SSSR count). The molecule has 2 N–H and O–H groups in total. The molecule has 1 saturated carbocycles. The molecular weight excluding hydrogens is 285 g/mol. The molecule has 1 aliphatic rings. The lowest BCUT2D eigenvalue weighted by molar-refractivity contribution is -0.141. The summed E-state index contributed by atoms with van der Waals surface area (Å²) in [5.74, 6) is -1.80. The van der Waals surface area contributed by atoms with Gasteiger partial charge >= 0.3 is 5.97 Å². The van der Waals surface area contributed by atoms with Crippen molar-refractivity contribution < 1.29 is 19.1 Å². The number of carboxylic acid groups (broad SMARTS) is 1. The Morgan fingerprint density at radius 1 is 1.23 bits per heavy atom. The molecule has 2 atom stereocenters. The summed E-state index contributed by atoms with van der Waals surface area (Å²) in [4.78, 5) is 23.1. The first-order chi connectivity index (χ1) is 10.3. The third-order valence-electron chi connectivity index (χ3n) is 4.48. The number of hydrogen-bond acceptors (Lipinski definition) is 2. The van der Waals surface area contributed by atoms with Gasteiger partial charge in [0.15, 0.2) is 0 Å². The Morgan fingerprint density at radius 2 is 1.82 bits per heavy atom. The molecule has 0 bridgehead atoms. The number of aliphatic carboxylic acids is 1. The van der Waals surface area contributed by atoms with Gasteiger partial charge in [0.2, 0.25) is 5.91 Å². The number of carboxylic acids is 1. The zero-order chi connectivity index (χ0) is 16.3. The molecule has 1 aromatic carbocycles. The molecule has 0 aromatic heterocycles. The van der Waals surface area contributed by atoms with Gasteiger partial charge < -0.3 is 10.4 Å². The minimum Gasteiger partial charge on any atom is -0.481 e. The van der Waals surface area contributed by atoms with E-state index in [1.807, 2.05) is 13.8 Å². The van der Waals surface area contributed by atoms with Crippen molar-refractivity contribution in [2.75, 3.05) is 6.54 Å². The van der Waals surface area contributed by atoms with Crippen molar-refractivity contribution in [1.82, 2.24) is 5.32 Å². The van der Waals surface area contributed by atoms with Crippen molar-refractivity contribution in [3.05, 3.63) is 35.6 Å². The Bertz CT molecular complexity index is 554. The summed E-state index contributed by atoms with van der Waals surface area (Å²) in [5, 5.41) is 11.9. The van der Waals surface area contributed by atoms with Crippen LogP contribution in [-0.4, -0.2) is 23.5 Å². The third kappa shape index (κ3) is 3.84. The fraction of sp³-hybridized carbons (Fsp3) is 0.529. The second kappa shape index (κ2) is 6.46. The smallest absolute Gasteiger partial charge is 0.306 e. The van der Waals surface area contributed by atoms with E-state index in [1.165, 1.54) is 12.1 Å². The lowest BCUT2D eigenvalue weighted by Crippen LogP contribution is -2.39. The average molecular weight is 307 g/mol. The zero-order valence-electron chi connectivity index (χ0n) is 12.9. The molecule has 1 amide bonds. The van der Waals surface area contributed by atoms with E-state index in [-0.39, 0.29) is 23.1 Å². The van der Waals surface area contributed by atoms with Crippen LogP contribution in [0, 0.1) is 17.7 Å². The van der Waals surface area contributed by atoms with Crippen LogP contribution in [0.4, 0.5) is 4.39 Å². The van der Waals surface area contributed by atoms with Crippen LogP contribution in [0.2, 0.25) is 0 Å². The van der Waals surface area contributed by atoms with Gasteiger partial charge in [0.05, 0.1) is 5.92 Å². The predicted octanol–water partition coefficient (Wildman–Crippen LogP) is 2.72. The first-order valence-electron chi connectivity index (χ1n) is 7.56. The molecule has 4 nitrogen and oxygen atoms in total. The summed E-state index contributed by atoms with van der Waals surface area (Å²) in [6.45, 7) is 4.40. The highest BCUT2D eigenvalue weighted by Crippen LogP contribution is 2.31.